The smallest absolute Gasteiger partial charge is 0.127 e. The highest BCUT2D eigenvalue weighted by Crippen LogP contribution is 2.31. The van der Waals surface area contributed by atoms with Crippen LogP contribution in [0.15, 0.2) is 48.7 Å². The summed E-state index contributed by atoms with van der Waals surface area (Å²) in [7, 11) is 3.30. The first-order chi connectivity index (χ1) is 13.4. The summed E-state index contributed by atoms with van der Waals surface area (Å²) >= 11 is 6.10. The van der Waals surface area contributed by atoms with E-state index in [9.17, 15) is 0 Å². The fourth-order valence-electron chi connectivity index (χ4n) is 3.23. The fraction of sp³-hybridized carbons (Fsp3) is 0.318. The standard InChI is InChI=1S/C22H26ClN3O2/c1-22(2,26-13-14-5-7-16(27-3)12-20(14)28-4)21(24)18-9-10-25-19-11-15(23)6-8-17(18)19/h5-12,21,26H,13,24H2,1-4H3. The predicted molar refractivity (Wildman–Crippen MR) is 114 cm³/mol. The molecule has 0 aliphatic heterocycles. The Balaban J connectivity index is 1.83. The Bertz CT molecular complexity index is 975. The third-order valence-electron chi connectivity index (χ3n) is 5.08. The van der Waals surface area contributed by atoms with Crippen molar-refractivity contribution in [1.29, 1.82) is 0 Å². The number of nitrogens with two attached hydrogens (primary N) is 1. The molecule has 0 radical (unpaired) electrons. The number of halogens is 1. The lowest BCUT2D eigenvalue weighted by Crippen LogP contribution is -2.48. The number of ether oxygens (including phenoxy) is 2. The average molecular weight is 400 g/mol. The van der Waals surface area contributed by atoms with Gasteiger partial charge >= 0.3 is 0 Å². The van der Waals surface area contributed by atoms with Gasteiger partial charge in [-0.3, -0.25) is 4.98 Å². The molecule has 0 saturated heterocycles. The van der Waals surface area contributed by atoms with E-state index in [-0.39, 0.29) is 11.6 Å². The van der Waals surface area contributed by atoms with Gasteiger partial charge in [0.15, 0.2) is 0 Å². The number of rotatable bonds is 7. The first-order valence-electron chi connectivity index (χ1n) is 9.11. The highest BCUT2D eigenvalue weighted by Gasteiger charge is 2.29. The summed E-state index contributed by atoms with van der Waals surface area (Å²) in [4.78, 5) is 4.41. The minimum atomic E-state index is -0.376. The summed E-state index contributed by atoms with van der Waals surface area (Å²) in [6.45, 7) is 4.80. The molecule has 3 rings (SSSR count). The minimum absolute atomic E-state index is 0.247. The minimum Gasteiger partial charge on any atom is -0.497 e. The van der Waals surface area contributed by atoms with Crippen molar-refractivity contribution in [2.75, 3.05) is 14.2 Å². The summed E-state index contributed by atoms with van der Waals surface area (Å²) in [5.41, 5.74) is 9.21. The SMILES string of the molecule is COc1ccc(CNC(C)(C)C(N)c2ccnc3cc(Cl)ccc23)c(OC)c1. The number of hydrogen-bond acceptors (Lipinski definition) is 5. The summed E-state index contributed by atoms with van der Waals surface area (Å²) in [5.74, 6) is 1.54. The topological polar surface area (TPSA) is 69.4 Å². The maximum absolute atomic E-state index is 6.68. The van der Waals surface area contributed by atoms with E-state index in [2.05, 4.69) is 24.1 Å². The van der Waals surface area contributed by atoms with Gasteiger partial charge in [0.25, 0.3) is 0 Å². The Labute approximate surface area is 170 Å². The molecular weight excluding hydrogens is 374 g/mol. The molecule has 6 heteroatoms. The van der Waals surface area contributed by atoms with Crippen molar-refractivity contribution in [3.8, 4) is 11.5 Å². The largest absolute Gasteiger partial charge is 0.497 e. The van der Waals surface area contributed by atoms with E-state index in [4.69, 9.17) is 26.8 Å². The van der Waals surface area contributed by atoms with Gasteiger partial charge in [0.1, 0.15) is 11.5 Å². The van der Waals surface area contributed by atoms with Gasteiger partial charge in [-0.15, -0.1) is 0 Å². The molecule has 0 aliphatic rings. The van der Waals surface area contributed by atoms with Crippen molar-refractivity contribution in [2.24, 2.45) is 5.73 Å². The summed E-state index contributed by atoms with van der Waals surface area (Å²) < 4.78 is 10.8. The zero-order valence-corrected chi connectivity index (χ0v) is 17.4. The molecule has 3 aromatic rings. The number of hydrogen-bond donors (Lipinski definition) is 2. The van der Waals surface area contributed by atoms with Crippen molar-refractivity contribution < 1.29 is 9.47 Å². The average Bonchev–Trinajstić information content (AvgIpc) is 2.70. The number of nitrogens with zero attached hydrogens (tertiary/aromatic N) is 1. The van der Waals surface area contributed by atoms with E-state index in [1.165, 1.54) is 0 Å². The second-order valence-electron chi connectivity index (χ2n) is 7.29. The van der Waals surface area contributed by atoms with Crippen molar-refractivity contribution >= 4 is 22.5 Å². The monoisotopic (exact) mass is 399 g/mol. The van der Waals surface area contributed by atoms with Gasteiger partial charge in [-0.2, -0.15) is 0 Å². The van der Waals surface area contributed by atoms with Gasteiger partial charge in [0.05, 0.1) is 19.7 Å². The van der Waals surface area contributed by atoms with Crippen molar-refractivity contribution in [3.05, 3.63) is 64.8 Å². The molecule has 0 saturated carbocycles. The summed E-state index contributed by atoms with van der Waals surface area (Å²) in [6, 6.07) is 13.2. The van der Waals surface area contributed by atoms with E-state index in [1.807, 2.05) is 42.5 Å². The first kappa shape index (κ1) is 20.4. The summed E-state index contributed by atoms with van der Waals surface area (Å²) in [5, 5.41) is 5.24. The van der Waals surface area contributed by atoms with Gasteiger partial charge in [-0.1, -0.05) is 23.7 Å². The van der Waals surface area contributed by atoms with E-state index < -0.39 is 0 Å². The molecule has 1 aromatic heterocycles. The second kappa shape index (κ2) is 8.35. The maximum Gasteiger partial charge on any atom is 0.127 e. The molecule has 0 amide bonds. The molecular formula is C22H26ClN3O2. The lowest BCUT2D eigenvalue weighted by Gasteiger charge is -2.34. The number of nitrogens with one attached hydrogen (secondary N) is 1. The number of aromatic nitrogens is 1. The molecule has 5 nitrogen and oxygen atoms in total. The third-order valence-corrected chi connectivity index (χ3v) is 5.31. The Morgan fingerprint density at radius 2 is 1.89 bits per heavy atom. The second-order valence-corrected chi connectivity index (χ2v) is 7.73. The number of methoxy groups -OCH3 is 2. The van der Waals surface area contributed by atoms with Gasteiger partial charge in [0, 0.05) is 46.4 Å². The number of benzene rings is 2. The van der Waals surface area contributed by atoms with Crippen LogP contribution >= 0.6 is 11.6 Å². The maximum atomic E-state index is 6.68. The van der Waals surface area contributed by atoms with Crippen LogP contribution < -0.4 is 20.5 Å². The van der Waals surface area contributed by atoms with Crippen LogP contribution in [0, 0.1) is 0 Å². The van der Waals surface area contributed by atoms with E-state index in [0.29, 0.717) is 11.6 Å². The molecule has 1 atom stereocenters. The zero-order valence-electron chi connectivity index (χ0n) is 16.6. The molecule has 3 N–H and O–H groups in total. The normalized spacial score (nSPS) is 12.8. The van der Waals surface area contributed by atoms with Gasteiger partial charge in [0.2, 0.25) is 0 Å². The van der Waals surface area contributed by atoms with Crippen LogP contribution in [-0.2, 0) is 6.54 Å². The van der Waals surface area contributed by atoms with Crippen LogP contribution in [-0.4, -0.2) is 24.7 Å². The van der Waals surface area contributed by atoms with Crippen LogP contribution in [0.2, 0.25) is 5.02 Å². The van der Waals surface area contributed by atoms with Crippen molar-refractivity contribution in [3.63, 3.8) is 0 Å². The molecule has 0 bridgehead atoms. The Morgan fingerprint density at radius 1 is 1.11 bits per heavy atom. The summed E-state index contributed by atoms with van der Waals surface area (Å²) in [6.07, 6.45) is 1.77. The fourth-order valence-corrected chi connectivity index (χ4v) is 3.40. The zero-order chi connectivity index (χ0) is 20.3. The van der Waals surface area contributed by atoms with E-state index in [0.717, 1.165) is 33.5 Å². The van der Waals surface area contributed by atoms with Crippen LogP contribution in [0.4, 0.5) is 0 Å². The van der Waals surface area contributed by atoms with E-state index >= 15 is 0 Å². The van der Waals surface area contributed by atoms with Crippen LogP contribution in [0.1, 0.15) is 31.0 Å². The molecule has 1 unspecified atom stereocenters. The first-order valence-corrected chi connectivity index (χ1v) is 9.49. The van der Waals surface area contributed by atoms with Crippen LogP contribution in [0.25, 0.3) is 10.9 Å². The predicted octanol–water partition coefficient (Wildman–Crippen LogP) is 4.47. The molecule has 1 heterocycles. The quantitative estimate of drug-likeness (QED) is 0.613. The molecule has 0 aliphatic carbocycles. The molecule has 148 valence electrons. The highest BCUT2D eigenvalue weighted by molar-refractivity contribution is 6.31. The van der Waals surface area contributed by atoms with Crippen LogP contribution in [0.3, 0.4) is 0 Å². The lowest BCUT2D eigenvalue weighted by atomic mass is 9.87. The Kier molecular flexibility index (Phi) is 6.08. The van der Waals surface area contributed by atoms with Gasteiger partial charge in [-0.25, -0.2) is 0 Å². The van der Waals surface area contributed by atoms with Crippen LogP contribution in [0.5, 0.6) is 11.5 Å². The molecule has 0 spiro atoms. The van der Waals surface area contributed by atoms with Gasteiger partial charge in [-0.05, 0) is 43.7 Å². The number of pyridine rings is 1. The van der Waals surface area contributed by atoms with Crippen molar-refractivity contribution in [1.82, 2.24) is 10.3 Å². The van der Waals surface area contributed by atoms with Gasteiger partial charge < -0.3 is 20.5 Å². The third kappa shape index (κ3) is 4.22. The molecule has 2 aromatic carbocycles. The van der Waals surface area contributed by atoms with E-state index in [1.54, 1.807) is 20.4 Å². The molecule has 0 fully saturated rings. The van der Waals surface area contributed by atoms with Crippen molar-refractivity contribution in [2.45, 2.75) is 32.0 Å². The lowest BCUT2D eigenvalue weighted by molar-refractivity contribution is 0.318. The molecule has 28 heavy (non-hydrogen) atoms. The Morgan fingerprint density at radius 3 is 2.61 bits per heavy atom. The highest BCUT2D eigenvalue weighted by atomic mass is 35.5. The number of fused-ring (bicyclic) bond motifs is 1. The Hall–Kier alpha value is -2.34.